The molecule has 0 aliphatic heterocycles. The van der Waals surface area contributed by atoms with Gasteiger partial charge in [0.05, 0.1) is 6.04 Å². The summed E-state index contributed by atoms with van der Waals surface area (Å²) in [6.45, 7) is 4.25. The van der Waals surface area contributed by atoms with Crippen molar-refractivity contribution in [3.8, 4) is 0 Å². The van der Waals surface area contributed by atoms with Crippen LogP contribution in [-0.4, -0.2) is 14.8 Å². The van der Waals surface area contributed by atoms with Gasteiger partial charge in [-0.2, -0.15) is 5.10 Å². The molecule has 0 fully saturated rings. The van der Waals surface area contributed by atoms with E-state index in [-0.39, 0.29) is 17.5 Å². The average molecular weight is 264 g/mol. The molecular formula is C13H17FN4O. The van der Waals surface area contributed by atoms with Crippen LogP contribution in [0.2, 0.25) is 0 Å². The van der Waals surface area contributed by atoms with Crippen LogP contribution in [0.5, 0.6) is 0 Å². The van der Waals surface area contributed by atoms with Crippen molar-refractivity contribution in [3.63, 3.8) is 0 Å². The fourth-order valence-corrected chi connectivity index (χ4v) is 1.93. The zero-order chi connectivity index (χ0) is 14.0. The molecule has 102 valence electrons. The third-order valence-corrected chi connectivity index (χ3v) is 3.14. The third kappa shape index (κ3) is 2.90. The molecule has 1 heterocycles. The minimum atomic E-state index is -0.235. The Hall–Kier alpha value is -1.95. The maximum atomic E-state index is 13.1. The van der Waals surface area contributed by atoms with Crippen molar-refractivity contribution in [1.29, 1.82) is 0 Å². The van der Waals surface area contributed by atoms with Gasteiger partial charge in [-0.1, -0.05) is 12.1 Å². The van der Waals surface area contributed by atoms with Gasteiger partial charge in [-0.3, -0.25) is 4.57 Å². The van der Waals surface area contributed by atoms with Crippen LogP contribution in [0.4, 0.5) is 4.39 Å². The lowest BCUT2D eigenvalue weighted by atomic mass is 10.1. The summed E-state index contributed by atoms with van der Waals surface area (Å²) in [5.74, 6) is 0.440. The van der Waals surface area contributed by atoms with E-state index in [0.717, 1.165) is 5.56 Å². The van der Waals surface area contributed by atoms with Crippen LogP contribution in [0.1, 0.15) is 29.9 Å². The lowest BCUT2D eigenvalue weighted by molar-refractivity contribution is 0.525. The zero-order valence-corrected chi connectivity index (χ0v) is 11.2. The van der Waals surface area contributed by atoms with Crippen molar-refractivity contribution in [2.24, 2.45) is 7.05 Å². The molecule has 0 amide bonds. The summed E-state index contributed by atoms with van der Waals surface area (Å²) in [7, 11) is 1.67. The summed E-state index contributed by atoms with van der Waals surface area (Å²) >= 11 is 0. The lowest BCUT2D eigenvalue weighted by Gasteiger charge is -2.13. The Labute approximate surface area is 110 Å². The second-order valence-electron chi connectivity index (χ2n) is 4.63. The van der Waals surface area contributed by atoms with Crippen LogP contribution in [0.3, 0.4) is 0 Å². The first-order valence-electron chi connectivity index (χ1n) is 6.08. The molecule has 1 atom stereocenters. The number of benzene rings is 1. The summed E-state index contributed by atoms with van der Waals surface area (Å²) in [5.41, 5.74) is 1.38. The van der Waals surface area contributed by atoms with Crippen LogP contribution in [0.25, 0.3) is 0 Å². The summed E-state index contributed by atoms with van der Waals surface area (Å²) in [6.07, 6.45) is 0. The van der Waals surface area contributed by atoms with Gasteiger partial charge >= 0.3 is 5.69 Å². The first-order chi connectivity index (χ1) is 8.99. The van der Waals surface area contributed by atoms with Crippen LogP contribution in [-0.2, 0) is 13.6 Å². The number of hydrogen-bond acceptors (Lipinski definition) is 3. The molecule has 19 heavy (non-hydrogen) atoms. The predicted molar refractivity (Wildman–Crippen MR) is 70.2 cm³/mol. The van der Waals surface area contributed by atoms with Crippen LogP contribution in [0, 0.1) is 12.7 Å². The molecule has 1 aromatic carbocycles. The number of halogens is 1. The first-order valence-corrected chi connectivity index (χ1v) is 6.08. The summed E-state index contributed by atoms with van der Waals surface area (Å²) in [4.78, 5) is 11.3. The Morgan fingerprint density at radius 2 is 2.26 bits per heavy atom. The second-order valence-corrected chi connectivity index (χ2v) is 4.63. The van der Waals surface area contributed by atoms with Gasteiger partial charge in [-0.15, -0.1) is 0 Å². The van der Waals surface area contributed by atoms with E-state index in [2.05, 4.69) is 15.5 Å². The standard InChI is InChI=1S/C13H17FN4O/c1-8-6-10(4-5-11(8)14)7-15-9(2)12-16-17-13(19)18(12)3/h4-6,9,15H,7H2,1-3H3,(H,17,19)/t9-/m0/s1. The summed E-state index contributed by atoms with van der Waals surface area (Å²) < 4.78 is 14.6. The molecule has 0 saturated heterocycles. The molecule has 0 unspecified atom stereocenters. The van der Waals surface area contributed by atoms with Crippen LogP contribution < -0.4 is 11.0 Å². The van der Waals surface area contributed by atoms with Gasteiger partial charge in [-0.05, 0) is 31.0 Å². The van der Waals surface area contributed by atoms with Crippen molar-refractivity contribution in [3.05, 3.63) is 51.5 Å². The average Bonchev–Trinajstić information content (AvgIpc) is 2.71. The topological polar surface area (TPSA) is 62.7 Å². The molecule has 5 nitrogen and oxygen atoms in total. The minimum Gasteiger partial charge on any atom is -0.303 e. The van der Waals surface area contributed by atoms with E-state index in [1.54, 1.807) is 26.1 Å². The van der Waals surface area contributed by atoms with Crippen molar-refractivity contribution in [2.45, 2.75) is 26.4 Å². The maximum absolute atomic E-state index is 13.1. The smallest absolute Gasteiger partial charge is 0.303 e. The molecule has 0 bridgehead atoms. The fraction of sp³-hybridized carbons (Fsp3) is 0.385. The van der Waals surface area contributed by atoms with E-state index in [9.17, 15) is 9.18 Å². The Bertz CT molecular complexity index is 632. The molecule has 0 aliphatic rings. The van der Waals surface area contributed by atoms with Gasteiger partial charge < -0.3 is 5.32 Å². The molecule has 0 saturated carbocycles. The highest BCUT2D eigenvalue weighted by Gasteiger charge is 2.12. The Balaban J connectivity index is 2.04. The zero-order valence-electron chi connectivity index (χ0n) is 11.2. The molecule has 0 aliphatic carbocycles. The van der Waals surface area contributed by atoms with Crippen molar-refractivity contribution in [1.82, 2.24) is 20.1 Å². The molecular weight excluding hydrogens is 247 g/mol. The highest BCUT2D eigenvalue weighted by atomic mass is 19.1. The molecule has 1 aromatic heterocycles. The number of aromatic amines is 1. The van der Waals surface area contributed by atoms with Gasteiger partial charge in [0.2, 0.25) is 0 Å². The van der Waals surface area contributed by atoms with Crippen molar-refractivity contribution in [2.75, 3.05) is 0 Å². The number of aromatic nitrogens is 3. The van der Waals surface area contributed by atoms with E-state index in [1.807, 2.05) is 6.92 Å². The van der Waals surface area contributed by atoms with Gasteiger partial charge in [0.15, 0.2) is 0 Å². The van der Waals surface area contributed by atoms with E-state index >= 15 is 0 Å². The largest absolute Gasteiger partial charge is 0.343 e. The van der Waals surface area contributed by atoms with Crippen LogP contribution >= 0.6 is 0 Å². The molecule has 2 rings (SSSR count). The Kier molecular flexibility index (Phi) is 3.80. The molecule has 0 radical (unpaired) electrons. The summed E-state index contributed by atoms with van der Waals surface area (Å²) in [6, 6.07) is 4.93. The number of aryl methyl sites for hydroxylation is 1. The van der Waals surface area contributed by atoms with Crippen molar-refractivity contribution < 1.29 is 4.39 Å². The lowest BCUT2D eigenvalue weighted by Crippen LogP contribution is -2.23. The molecule has 6 heteroatoms. The highest BCUT2D eigenvalue weighted by Crippen LogP contribution is 2.11. The van der Waals surface area contributed by atoms with Gasteiger partial charge in [0.1, 0.15) is 11.6 Å². The molecule has 2 N–H and O–H groups in total. The number of nitrogens with one attached hydrogen (secondary N) is 2. The number of hydrogen-bond donors (Lipinski definition) is 2. The van der Waals surface area contributed by atoms with E-state index in [1.165, 1.54) is 10.6 Å². The highest BCUT2D eigenvalue weighted by molar-refractivity contribution is 5.23. The Morgan fingerprint density at radius 1 is 1.53 bits per heavy atom. The second kappa shape index (κ2) is 5.36. The first kappa shape index (κ1) is 13.5. The normalized spacial score (nSPS) is 12.6. The third-order valence-electron chi connectivity index (χ3n) is 3.14. The van der Waals surface area contributed by atoms with Gasteiger partial charge in [-0.25, -0.2) is 14.3 Å². The predicted octanol–water partition coefficient (Wildman–Crippen LogP) is 1.41. The number of H-pyrrole nitrogens is 1. The minimum absolute atomic E-state index is 0.0747. The van der Waals surface area contributed by atoms with Gasteiger partial charge in [0.25, 0.3) is 0 Å². The number of nitrogens with zero attached hydrogens (tertiary/aromatic N) is 2. The molecule has 2 aromatic rings. The quantitative estimate of drug-likeness (QED) is 0.877. The van der Waals surface area contributed by atoms with E-state index < -0.39 is 0 Å². The van der Waals surface area contributed by atoms with E-state index in [0.29, 0.717) is 17.9 Å². The van der Waals surface area contributed by atoms with Crippen molar-refractivity contribution >= 4 is 0 Å². The Morgan fingerprint density at radius 3 is 2.84 bits per heavy atom. The monoisotopic (exact) mass is 264 g/mol. The maximum Gasteiger partial charge on any atom is 0.343 e. The SMILES string of the molecule is Cc1cc(CN[C@@H](C)c2n[nH]c(=O)n2C)ccc1F. The molecule has 0 spiro atoms. The van der Waals surface area contributed by atoms with E-state index in [4.69, 9.17) is 0 Å². The number of rotatable bonds is 4. The fourth-order valence-electron chi connectivity index (χ4n) is 1.93. The summed E-state index contributed by atoms with van der Waals surface area (Å²) in [5, 5.41) is 9.61. The van der Waals surface area contributed by atoms with Crippen LogP contribution in [0.15, 0.2) is 23.0 Å². The van der Waals surface area contributed by atoms with Gasteiger partial charge in [0, 0.05) is 13.6 Å².